The Balaban J connectivity index is 0.000000526. The summed E-state index contributed by atoms with van der Waals surface area (Å²) in [5, 5.41) is 45.6. The Labute approximate surface area is 360 Å². The molecule has 4 aromatic carbocycles. The highest BCUT2D eigenvalue weighted by Gasteiger charge is 2.41. The molecule has 0 aliphatic carbocycles. The number of aliphatic carboxylic acids is 3. The maximum Gasteiger partial charge on any atom is 0.336 e. The van der Waals surface area contributed by atoms with Gasteiger partial charge in [-0.2, -0.15) is 5.26 Å². The van der Waals surface area contributed by atoms with Gasteiger partial charge in [0.05, 0.1) is 49.7 Å². The normalized spacial score (nSPS) is 14.6. The SMILES string of the molecule is CN(C[C@@H](CCN1CCC(c2ccccc2S(C)=O)CC1)c1ccc(Cl)c(Cl)c1)C(=O)c1c(S(C)(=O)=O)c(C#N)cc2ccccc12.O=C(O)CC(O)(CC(=O)O)C(=O)O. The van der Waals surface area contributed by atoms with Gasteiger partial charge in [-0.25, -0.2) is 13.2 Å². The Morgan fingerprint density at radius 2 is 1.55 bits per heavy atom. The van der Waals surface area contributed by atoms with E-state index in [4.69, 9.17) is 43.6 Å². The van der Waals surface area contributed by atoms with E-state index in [0.717, 1.165) is 49.2 Å². The number of likely N-dealkylation sites (N-methyl/N-ethyl adjacent to an activating group) is 1. The van der Waals surface area contributed by atoms with Crippen molar-refractivity contribution in [2.75, 3.05) is 45.7 Å². The molecule has 1 saturated heterocycles. The zero-order valence-electron chi connectivity index (χ0n) is 33.0. The molecule has 1 amide bonds. The first-order chi connectivity index (χ1) is 28.2. The van der Waals surface area contributed by atoms with Crippen LogP contribution in [0.2, 0.25) is 10.0 Å². The summed E-state index contributed by atoms with van der Waals surface area (Å²) in [7, 11) is -3.30. The Hall–Kier alpha value is -4.89. The van der Waals surface area contributed by atoms with Gasteiger partial charge in [-0.3, -0.25) is 18.6 Å². The van der Waals surface area contributed by atoms with E-state index < -0.39 is 62.9 Å². The molecule has 2 atom stereocenters. The van der Waals surface area contributed by atoms with Crippen molar-refractivity contribution < 1.29 is 52.2 Å². The number of nitrogens with zero attached hydrogens (tertiary/aromatic N) is 3. The average molecular weight is 903 g/mol. The predicted octanol–water partition coefficient (Wildman–Crippen LogP) is 6.04. The molecular weight excluding hydrogens is 858 g/mol. The van der Waals surface area contributed by atoms with Gasteiger partial charge in [0.2, 0.25) is 0 Å². The summed E-state index contributed by atoms with van der Waals surface area (Å²) < 4.78 is 38.3. The molecule has 1 fully saturated rings. The second kappa shape index (κ2) is 20.6. The lowest BCUT2D eigenvalue weighted by molar-refractivity contribution is -0.170. The van der Waals surface area contributed by atoms with Crippen molar-refractivity contribution in [2.24, 2.45) is 0 Å². The highest BCUT2D eigenvalue weighted by molar-refractivity contribution is 7.90. The Kier molecular flexibility index (Phi) is 16.4. The van der Waals surface area contributed by atoms with E-state index in [2.05, 4.69) is 11.0 Å². The summed E-state index contributed by atoms with van der Waals surface area (Å²) in [4.78, 5) is 49.3. The summed E-state index contributed by atoms with van der Waals surface area (Å²) in [5.41, 5.74) is -0.693. The van der Waals surface area contributed by atoms with Gasteiger partial charge in [-0.1, -0.05) is 71.7 Å². The van der Waals surface area contributed by atoms with Gasteiger partial charge in [-0.05, 0) is 91.0 Å². The van der Waals surface area contributed by atoms with Crippen molar-refractivity contribution in [3.8, 4) is 6.07 Å². The summed E-state index contributed by atoms with van der Waals surface area (Å²) >= 11 is 12.7. The van der Waals surface area contributed by atoms with Gasteiger partial charge in [0, 0.05) is 36.9 Å². The van der Waals surface area contributed by atoms with Crippen LogP contribution >= 0.6 is 23.2 Å². The minimum atomic E-state index is -3.92. The number of hydrogen-bond acceptors (Lipinski definition) is 10. The smallest absolute Gasteiger partial charge is 0.336 e. The molecule has 5 rings (SSSR count). The summed E-state index contributed by atoms with van der Waals surface area (Å²) in [6.07, 6.45) is 3.10. The number of rotatable bonds is 15. The zero-order valence-corrected chi connectivity index (χ0v) is 36.2. The third-order valence-corrected chi connectivity index (χ3v) is 13.2. The van der Waals surface area contributed by atoms with Crippen LogP contribution < -0.4 is 0 Å². The second-order valence-electron chi connectivity index (χ2n) is 14.7. The van der Waals surface area contributed by atoms with E-state index in [-0.39, 0.29) is 28.5 Å². The van der Waals surface area contributed by atoms with E-state index >= 15 is 0 Å². The van der Waals surface area contributed by atoms with Crippen molar-refractivity contribution >= 4 is 78.4 Å². The van der Waals surface area contributed by atoms with Gasteiger partial charge in [0.1, 0.15) is 6.07 Å². The van der Waals surface area contributed by atoms with Crippen LogP contribution in [0.4, 0.5) is 0 Å². The third-order valence-electron chi connectivity index (χ3n) is 10.3. The molecule has 14 nitrogen and oxygen atoms in total. The molecule has 0 aromatic heterocycles. The topological polar surface area (TPSA) is 231 Å². The van der Waals surface area contributed by atoms with Crippen LogP contribution in [0.25, 0.3) is 10.8 Å². The molecule has 1 unspecified atom stereocenters. The second-order valence-corrected chi connectivity index (χ2v) is 18.8. The van der Waals surface area contributed by atoms with Crippen molar-refractivity contribution in [3.63, 3.8) is 0 Å². The predicted molar refractivity (Wildman–Crippen MR) is 227 cm³/mol. The van der Waals surface area contributed by atoms with Crippen LogP contribution in [-0.4, -0.2) is 118 Å². The molecule has 0 saturated carbocycles. The fourth-order valence-corrected chi connectivity index (χ4v) is 9.56. The van der Waals surface area contributed by atoms with Gasteiger partial charge in [0.15, 0.2) is 15.4 Å². The highest BCUT2D eigenvalue weighted by Crippen LogP contribution is 2.35. The van der Waals surface area contributed by atoms with E-state index in [1.54, 1.807) is 48.5 Å². The lowest BCUT2D eigenvalue weighted by atomic mass is 9.88. The summed E-state index contributed by atoms with van der Waals surface area (Å²) in [5.74, 6) is -5.28. The molecule has 4 aromatic rings. The minimum absolute atomic E-state index is 0.00732. The average Bonchev–Trinajstić information content (AvgIpc) is 3.18. The standard InChI is InChI=1S/C36H37Cl2N3O4S2.C6H8O7/c1-40(36(42)34-30-10-5-4-8-26(30)20-28(22-39)35(34)47(3,44)45)23-27(25-12-13-31(37)32(38)21-25)16-19-41-17-14-24(15-18-41)29-9-6-7-11-33(29)46(2)43;7-3(8)1-6(13,5(11)12)2-4(9)10/h4-13,20-21,24,27H,14-19,23H2,1-3H3;13H,1-2H2,(H,7,8)(H,9,10)(H,11,12)/t27-,46?;/m1./s1. The van der Waals surface area contributed by atoms with Crippen LogP contribution in [0.3, 0.4) is 0 Å². The number of sulfone groups is 1. The first-order valence-corrected chi connectivity index (χ1v) is 22.8. The Morgan fingerprint density at radius 3 is 2.10 bits per heavy atom. The third kappa shape index (κ3) is 12.1. The van der Waals surface area contributed by atoms with Crippen LogP contribution in [0.1, 0.15) is 71.0 Å². The summed E-state index contributed by atoms with van der Waals surface area (Å²) in [6, 6.07) is 24.0. The molecule has 0 bridgehead atoms. The molecule has 18 heteroatoms. The highest BCUT2D eigenvalue weighted by atomic mass is 35.5. The number of piperidine rings is 1. The van der Waals surface area contributed by atoms with Crippen molar-refractivity contribution in [1.29, 1.82) is 5.26 Å². The fraction of sp³-hybridized carbons (Fsp3) is 0.357. The lowest BCUT2D eigenvalue weighted by Crippen LogP contribution is -2.42. The number of benzene rings is 4. The van der Waals surface area contributed by atoms with Crippen molar-refractivity contribution in [1.82, 2.24) is 9.80 Å². The molecule has 1 aliphatic rings. The number of nitriles is 1. The molecule has 1 aliphatic heterocycles. The molecule has 1 heterocycles. The monoisotopic (exact) mass is 901 g/mol. The maximum absolute atomic E-state index is 14.2. The number of carboxylic acid groups (broad SMARTS) is 3. The first kappa shape index (κ1) is 47.8. The molecule has 60 heavy (non-hydrogen) atoms. The van der Waals surface area contributed by atoms with E-state index in [0.29, 0.717) is 33.2 Å². The number of likely N-dealkylation sites (tertiary alicyclic amines) is 1. The zero-order chi connectivity index (χ0) is 44.5. The minimum Gasteiger partial charge on any atom is -0.481 e. The van der Waals surface area contributed by atoms with Crippen molar-refractivity contribution in [2.45, 2.75) is 59.3 Å². The molecule has 320 valence electrons. The van der Waals surface area contributed by atoms with E-state index in [9.17, 15) is 37.1 Å². The number of aliphatic hydroxyl groups is 1. The van der Waals surface area contributed by atoms with E-state index in [1.165, 1.54) is 11.6 Å². The van der Waals surface area contributed by atoms with Gasteiger partial charge < -0.3 is 30.2 Å². The lowest BCUT2D eigenvalue weighted by Gasteiger charge is -2.34. The van der Waals surface area contributed by atoms with Crippen LogP contribution in [-0.2, 0) is 35.0 Å². The summed E-state index contributed by atoms with van der Waals surface area (Å²) in [6.45, 7) is 2.85. The fourth-order valence-electron chi connectivity index (χ4n) is 7.34. The largest absolute Gasteiger partial charge is 0.481 e. The Morgan fingerprint density at radius 1 is 0.950 bits per heavy atom. The molecular formula is C42H45Cl2N3O11S2. The number of fused-ring (bicyclic) bond motifs is 1. The number of carbonyl (C=O) groups is 4. The van der Waals surface area contributed by atoms with Crippen LogP contribution in [0.5, 0.6) is 0 Å². The van der Waals surface area contributed by atoms with Crippen molar-refractivity contribution in [3.05, 3.63) is 105 Å². The van der Waals surface area contributed by atoms with Gasteiger partial charge >= 0.3 is 17.9 Å². The van der Waals surface area contributed by atoms with Crippen LogP contribution in [0, 0.1) is 11.3 Å². The van der Waals surface area contributed by atoms with Gasteiger partial charge in [0.25, 0.3) is 5.91 Å². The number of carbonyl (C=O) groups excluding carboxylic acids is 1. The maximum atomic E-state index is 14.2. The first-order valence-electron chi connectivity index (χ1n) is 18.6. The Bertz CT molecular complexity index is 2430. The van der Waals surface area contributed by atoms with Crippen LogP contribution in [0.15, 0.2) is 82.6 Å². The molecule has 0 radical (unpaired) electrons. The number of carboxylic acids is 3. The van der Waals surface area contributed by atoms with Gasteiger partial charge in [-0.15, -0.1) is 0 Å². The number of hydrogen-bond donors (Lipinski definition) is 4. The quantitative estimate of drug-likeness (QED) is 0.107. The molecule has 0 spiro atoms. The molecule has 4 N–H and O–H groups in total. The number of halogens is 2. The van der Waals surface area contributed by atoms with E-state index in [1.807, 2.05) is 36.4 Å². The number of amides is 1.